The third kappa shape index (κ3) is 8.79. The zero-order chi connectivity index (χ0) is 14.5. The van der Waals surface area contributed by atoms with Crippen molar-refractivity contribution in [3.05, 3.63) is 0 Å². The maximum Gasteiger partial charge on any atom is 0.351 e. The number of hydrogen-bond acceptors (Lipinski definition) is 3. The number of rotatable bonds is 12. The van der Waals surface area contributed by atoms with Crippen LogP contribution in [-0.4, -0.2) is 18.8 Å². The molecule has 0 aromatic carbocycles. The lowest BCUT2D eigenvalue weighted by Crippen LogP contribution is -2.24. The van der Waals surface area contributed by atoms with E-state index in [0.29, 0.717) is 0 Å². The number of ether oxygens (including phenoxy) is 1. The molecule has 0 amide bonds. The molecule has 0 atom stereocenters. The van der Waals surface area contributed by atoms with E-state index in [1.165, 1.54) is 45.6 Å². The summed E-state index contributed by atoms with van der Waals surface area (Å²) in [4.78, 5) is 11.5. The first-order valence-corrected chi connectivity index (χ1v) is 7.84. The zero-order valence-electron chi connectivity index (χ0n) is 13.0. The lowest BCUT2D eigenvalue weighted by Gasteiger charge is -2.16. The molecule has 0 heterocycles. The number of hydrogen-bond donors (Lipinski definition) is 1. The van der Waals surface area contributed by atoms with E-state index in [4.69, 9.17) is 5.41 Å². The Morgan fingerprint density at radius 3 is 1.79 bits per heavy atom. The molecule has 0 aromatic rings. The van der Waals surface area contributed by atoms with Crippen molar-refractivity contribution in [2.24, 2.45) is 5.92 Å². The number of carbonyl (C=O) groups is 1. The monoisotopic (exact) mass is 269 g/mol. The van der Waals surface area contributed by atoms with E-state index < -0.39 is 5.97 Å². The molecule has 0 rings (SSSR count). The molecule has 0 aliphatic heterocycles. The van der Waals surface area contributed by atoms with Gasteiger partial charge in [-0.2, -0.15) is 0 Å². The predicted molar refractivity (Wildman–Crippen MR) is 80.8 cm³/mol. The number of unbranched alkanes of at least 4 members (excludes halogenated alkanes) is 6. The lowest BCUT2D eigenvalue weighted by molar-refractivity contribution is -0.133. The third-order valence-corrected chi connectivity index (χ3v) is 3.63. The average molecular weight is 269 g/mol. The van der Waals surface area contributed by atoms with E-state index in [2.05, 4.69) is 18.6 Å². The Kier molecular flexibility index (Phi) is 11.6. The number of carbonyl (C=O) groups excluding carboxylic acids is 1. The Morgan fingerprint density at radius 2 is 1.42 bits per heavy atom. The highest BCUT2D eigenvalue weighted by atomic mass is 16.5. The van der Waals surface area contributed by atoms with Crippen molar-refractivity contribution in [3.63, 3.8) is 0 Å². The molecule has 0 radical (unpaired) electrons. The Hall–Kier alpha value is -0.860. The molecule has 0 unspecified atom stereocenters. The van der Waals surface area contributed by atoms with Crippen LogP contribution in [-0.2, 0) is 9.53 Å². The molecule has 0 aliphatic carbocycles. The quantitative estimate of drug-likeness (QED) is 0.316. The second kappa shape index (κ2) is 12.2. The summed E-state index contributed by atoms with van der Waals surface area (Å²) in [5.74, 6) is -0.350. The molecule has 0 bridgehead atoms. The Labute approximate surface area is 118 Å². The maximum absolute atomic E-state index is 11.5. The summed E-state index contributed by atoms with van der Waals surface area (Å²) in [6.45, 7) is 4.39. The highest BCUT2D eigenvalue weighted by molar-refractivity contribution is 6.35. The summed E-state index contributed by atoms with van der Waals surface area (Å²) in [6, 6.07) is 0. The van der Waals surface area contributed by atoms with Gasteiger partial charge in [0.25, 0.3) is 0 Å². The van der Waals surface area contributed by atoms with Crippen LogP contribution < -0.4 is 0 Å². The van der Waals surface area contributed by atoms with Crippen LogP contribution in [0.3, 0.4) is 0 Å². The predicted octanol–water partition coefficient (Wildman–Crippen LogP) is 4.74. The van der Waals surface area contributed by atoms with Crippen molar-refractivity contribution >= 4 is 11.7 Å². The van der Waals surface area contributed by atoms with Gasteiger partial charge in [0, 0.05) is 5.92 Å². The second-order valence-electron chi connectivity index (χ2n) is 5.30. The fourth-order valence-electron chi connectivity index (χ4n) is 2.34. The van der Waals surface area contributed by atoms with Gasteiger partial charge in [-0.1, -0.05) is 65.2 Å². The number of methoxy groups -OCH3 is 1. The first-order chi connectivity index (χ1) is 9.17. The van der Waals surface area contributed by atoms with Crippen LogP contribution in [0, 0.1) is 11.3 Å². The van der Waals surface area contributed by atoms with Crippen LogP contribution in [0.5, 0.6) is 0 Å². The van der Waals surface area contributed by atoms with Gasteiger partial charge in [-0.25, -0.2) is 4.79 Å². The summed E-state index contributed by atoms with van der Waals surface area (Å²) in [6.07, 6.45) is 11.5. The topological polar surface area (TPSA) is 50.2 Å². The molecule has 0 aliphatic rings. The van der Waals surface area contributed by atoms with Crippen molar-refractivity contribution in [1.82, 2.24) is 0 Å². The van der Waals surface area contributed by atoms with E-state index >= 15 is 0 Å². The summed E-state index contributed by atoms with van der Waals surface area (Å²) < 4.78 is 4.68. The largest absolute Gasteiger partial charge is 0.465 e. The minimum atomic E-state index is -0.448. The van der Waals surface area contributed by atoms with Crippen LogP contribution in [0.2, 0.25) is 0 Å². The first-order valence-electron chi connectivity index (χ1n) is 7.84. The van der Waals surface area contributed by atoms with Gasteiger partial charge in [0.1, 0.15) is 5.71 Å². The van der Waals surface area contributed by atoms with Gasteiger partial charge in [0.05, 0.1) is 7.11 Å². The maximum atomic E-state index is 11.5. The van der Waals surface area contributed by atoms with Crippen molar-refractivity contribution in [3.8, 4) is 0 Å². The summed E-state index contributed by atoms with van der Waals surface area (Å²) in [5.41, 5.74) is 0.176. The van der Waals surface area contributed by atoms with Gasteiger partial charge >= 0.3 is 5.97 Å². The third-order valence-electron chi connectivity index (χ3n) is 3.63. The van der Waals surface area contributed by atoms with Crippen LogP contribution in [0.25, 0.3) is 0 Å². The first kappa shape index (κ1) is 18.1. The van der Waals surface area contributed by atoms with Crippen molar-refractivity contribution in [2.75, 3.05) is 7.11 Å². The minimum Gasteiger partial charge on any atom is -0.465 e. The Bertz CT molecular complexity index is 239. The van der Waals surface area contributed by atoms with Crippen LogP contribution in [0.4, 0.5) is 0 Å². The molecule has 0 spiro atoms. The van der Waals surface area contributed by atoms with E-state index in [-0.39, 0.29) is 11.6 Å². The van der Waals surface area contributed by atoms with Gasteiger partial charge in [-0.05, 0) is 12.8 Å². The molecule has 3 heteroatoms. The fourth-order valence-corrected chi connectivity index (χ4v) is 2.34. The van der Waals surface area contributed by atoms with Crippen molar-refractivity contribution in [2.45, 2.75) is 78.1 Å². The van der Waals surface area contributed by atoms with E-state index in [0.717, 1.165) is 25.7 Å². The highest BCUT2D eigenvalue weighted by Gasteiger charge is 2.21. The Morgan fingerprint density at radius 1 is 0.947 bits per heavy atom. The zero-order valence-corrected chi connectivity index (χ0v) is 13.0. The Balaban J connectivity index is 4.13. The van der Waals surface area contributed by atoms with Gasteiger partial charge in [0.15, 0.2) is 0 Å². The van der Waals surface area contributed by atoms with Crippen LogP contribution in [0.15, 0.2) is 0 Å². The average Bonchev–Trinajstić information content (AvgIpc) is 2.44. The van der Waals surface area contributed by atoms with Gasteiger partial charge in [-0.15, -0.1) is 0 Å². The summed E-state index contributed by atoms with van der Waals surface area (Å²) in [5, 5.41) is 7.94. The SMILES string of the molecule is CCCCCCC(CCCCCC)C(=N)C(=O)OC. The van der Waals surface area contributed by atoms with Gasteiger partial charge in [0.2, 0.25) is 0 Å². The number of esters is 1. The molecule has 0 fully saturated rings. The molecule has 19 heavy (non-hydrogen) atoms. The number of nitrogens with one attached hydrogen (secondary N) is 1. The molecular formula is C16H31NO2. The van der Waals surface area contributed by atoms with Crippen molar-refractivity contribution in [1.29, 1.82) is 5.41 Å². The lowest BCUT2D eigenvalue weighted by atomic mass is 9.90. The molecule has 1 N–H and O–H groups in total. The standard InChI is InChI=1S/C16H31NO2/c1-4-6-8-10-12-14(13-11-9-7-5-2)15(17)16(18)19-3/h14,17H,4-13H2,1-3H3. The van der Waals surface area contributed by atoms with E-state index in [1.54, 1.807) is 0 Å². The molecule has 3 nitrogen and oxygen atoms in total. The van der Waals surface area contributed by atoms with E-state index in [1.807, 2.05) is 0 Å². The molecule has 112 valence electrons. The van der Waals surface area contributed by atoms with Crippen LogP contribution >= 0.6 is 0 Å². The van der Waals surface area contributed by atoms with E-state index in [9.17, 15) is 4.79 Å². The molecule has 0 saturated carbocycles. The van der Waals surface area contributed by atoms with Gasteiger partial charge in [-0.3, -0.25) is 5.41 Å². The smallest absolute Gasteiger partial charge is 0.351 e. The fraction of sp³-hybridized carbons (Fsp3) is 0.875. The molecular weight excluding hydrogens is 238 g/mol. The summed E-state index contributed by atoms with van der Waals surface area (Å²) >= 11 is 0. The van der Waals surface area contributed by atoms with Gasteiger partial charge < -0.3 is 4.74 Å². The molecule has 0 aromatic heterocycles. The van der Waals surface area contributed by atoms with Crippen molar-refractivity contribution < 1.29 is 9.53 Å². The normalized spacial score (nSPS) is 10.7. The molecule has 0 saturated heterocycles. The summed E-state index contributed by atoms with van der Waals surface area (Å²) in [7, 11) is 1.36. The van der Waals surface area contributed by atoms with Crippen LogP contribution in [0.1, 0.15) is 78.1 Å². The highest BCUT2D eigenvalue weighted by Crippen LogP contribution is 2.20. The minimum absolute atomic E-state index is 0.0983. The second-order valence-corrected chi connectivity index (χ2v) is 5.30.